The van der Waals surface area contributed by atoms with Crippen molar-refractivity contribution in [1.82, 2.24) is 15.0 Å². The quantitative estimate of drug-likeness (QED) is 0.759. The summed E-state index contributed by atoms with van der Waals surface area (Å²) in [6.45, 7) is 3.70. The van der Waals surface area contributed by atoms with Gasteiger partial charge in [-0.25, -0.2) is 4.98 Å². The molecule has 4 nitrogen and oxygen atoms in total. The predicted octanol–water partition coefficient (Wildman–Crippen LogP) is 1.45. The van der Waals surface area contributed by atoms with Crippen LogP contribution in [0.4, 0.5) is 0 Å². The summed E-state index contributed by atoms with van der Waals surface area (Å²) in [5.41, 5.74) is 2.61. The average molecular weight is 201 g/mol. The molecule has 4 heteroatoms. The Morgan fingerprint density at radius 1 is 1.33 bits per heavy atom. The van der Waals surface area contributed by atoms with E-state index in [4.69, 9.17) is 0 Å². The van der Waals surface area contributed by atoms with Crippen LogP contribution in [0.25, 0.3) is 11.3 Å². The standard InChI is InChI=1S/C11H11N3O/c1-7-8(2)14-11(15)10(13-7)9-4-3-5-12-6-9/h3-6H,1-2H3,(H,14,15). The molecule has 2 aromatic rings. The minimum absolute atomic E-state index is 0.175. The van der Waals surface area contributed by atoms with Crippen molar-refractivity contribution in [2.75, 3.05) is 0 Å². The van der Waals surface area contributed by atoms with Crippen molar-refractivity contribution in [2.24, 2.45) is 0 Å². The maximum absolute atomic E-state index is 11.6. The van der Waals surface area contributed by atoms with Crippen LogP contribution in [0.15, 0.2) is 29.3 Å². The highest BCUT2D eigenvalue weighted by molar-refractivity contribution is 5.56. The van der Waals surface area contributed by atoms with Crippen LogP contribution in [0, 0.1) is 13.8 Å². The monoisotopic (exact) mass is 201 g/mol. The van der Waals surface area contributed by atoms with E-state index in [0.717, 1.165) is 17.0 Å². The fraction of sp³-hybridized carbons (Fsp3) is 0.182. The van der Waals surface area contributed by atoms with E-state index >= 15 is 0 Å². The SMILES string of the molecule is Cc1nc(-c2cccnc2)c(=O)[nH]c1C. The number of aromatic amines is 1. The molecular formula is C11H11N3O. The summed E-state index contributed by atoms with van der Waals surface area (Å²) in [5, 5.41) is 0. The highest BCUT2D eigenvalue weighted by Gasteiger charge is 2.06. The maximum Gasteiger partial charge on any atom is 0.274 e. The first-order valence-electron chi connectivity index (χ1n) is 4.66. The Kier molecular flexibility index (Phi) is 2.33. The number of nitrogens with zero attached hydrogens (tertiary/aromatic N) is 2. The lowest BCUT2D eigenvalue weighted by molar-refractivity contribution is 1.02. The van der Waals surface area contributed by atoms with E-state index < -0.39 is 0 Å². The molecule has 0 aliphatic heterocycles. The molecule has 76 valence electrons. The molecule has 0 saturated carbocycles. The Balaban J connectivity index is 2.65. The smallest absolute Gasteiger partial charge is 0.274 e. The Bertz CT molecular complexity index is 531. The van der Waals surface area contributed by atoms with Gasteiger partial charge in [0.1, 0.15) is 5.69 Å². The number of nitrogens with one attached hydrogen (secondary N) is 1. The maximum atomic E-state index is 11.6. The van der Waals surface area contributed by atoms with Gasteiger partial charge < -0.3 is 4.98 Å². The fourth-order valence-corrected chi connectivity index (χ4v) is 1.32. The van der Waals surface area contributed by atoms with Gasteiger partial charge in [-0.2, -0.15) is 0 Å². The van der Waals surface area contributed by atoms with Gasteiger partial charge in [0.2, 0.25) is 0 Å². The lowest BCUT2D eigenvalue weighted by Gasteiger charge is -2.02. The zero-order valence-corrected chi connectivity index (χ0v) is 8.61. The third-order valence-corrected chi connectivity index (χ3v) is 2.27. The molecule has 0 aliphatic carbocycles. The first-order valence-corrected chi connectivity index (χ1v) is 4.66. The van der Waals surface area contributed by atoms with Gasteiger partial charge in [0.05, 0.1) is 5.69 Å². The van der Waals surface area contributed by atoms with Crippen molar-refractivity contribution >= 4 is 0 Å². The molecule has 2 aromatic heterocycles. The van der Waals surface area contributed by atoms with Gasteiger partial charge in [-0.1, -0.05) is 0 Å². The van der Waals surface area contributed by atoms with E-state index in [0.29, 0.717) is 5.69 Å². The van der Waals surface area contributed by atoms with Crippen LogP contribution in [0.3, 0.4) is 0 Å². The zero-order chi connectivity index (χ0) is 10.8. The van der Waals surface area contributed by atoms with Gasteiger partial charge in [0.25, 0.3) is 5.56 Å². The number of hydrogen-bond acceptors (Lipinski definition) is 3. The Labute approximate surface area is 87.0 Å². The molecule has 2 heterocycles. The van der Waals surface area contributed by atoms with Crippen molar-refractivity contribution < 1.29 is 0 Å². The number of aromatic nitrogens is 3. The van der Waals surface area contributed by atoms with Gasteiger partial charge in [-0.05, 0) is 26.0 Å². The van der Waals surface area contributed by atoms with Crippen LogP contribution in [-0.2, 0) is 0 Å². The highest BCUT2D eigenvalue weighted by Crippen LogP contribution is 2.11. The number of rotatable bonds is 1. The Morgan fingerprint density at radius 3 is 2.80 bits per heavy atom. The molecule has 15 heavy (non-hydrogen) atoms. The minimum Gasteiger partial charge on any atom is -0.323 e. The Morgan fingerprint density at radius 2 is 2.13 bits per heavy atom. The molecule has 2 rings (SSSR count). The van der Waals surface area contributed by atoms with Crippen LogP contribution >= 0.6 is 0 Å². The number of hydrogen-bond donors (Lipinski definition) is 1. The molecule has 0 amide bonds. The van der Waals surface area contributed by atoms with Crippen molar-refractivity contribution in [3.8, 4) is 11.3 Å². The minimum atomic E-state index is -0.175. The van der Waals surface area contributed by atoms with Crippen LogP contribution < -0.4 is 5.56 Å². The van der Waals surface area contributed by atoms with E-state index in [1.54, 1.807) is 18.5 Å². The first kappa shape index (κ1) is 9.58. The average Bonchev–Trinajstić information content (AvgIpc) is 2.25. The van der Waals surface area contributed by atoms with E-state index in [1.807, 2.05) is 19.9 Å². The molecule has 1 N–H and O–H groups in total. The van der Waals surface area contributed by atoms with Crippen LogP contribution in [0.2, 0.25) is 0 Å². The molecule has 0 bridgehead atoms. The second-order valence-electron chi connectivity index (χ2n) is 3.37. The second kappa shape index (κ2) is 3.65. The summed E-state index contributed by atoms with van der Waals surface area (Å²) < 4.78 is 0. The molecule has 0 fully saturated rings. The van der Waals surface area contributed by atoms with E-state index in [2.05, 4.69) is 15.0 Å². The van der Waals surface area contributed by atoms with Gasteiger partial charge in [-0.3, -0.25) is 9.78 Å². The lowest BCUT2D eigenvalue weighted by atomic mass is 10.2. The van der Waals surface area contributed by atoms with Crippen molar-refractivity contribution in [1.29, 1.82) is 0 Å². The number of pyridine rings is 1. The summed E-state index contributed by atoms with van der Waals surface area (Å²) in [6, 6.07) is 3.60. The molecule has 0 unspecified atom stereocenters. The van der Waals surface area contributed by atoms with Crippen molar-refractivity contribution in [3.05, 3.63) is 46.3 Å². The third-order valence-electron chi connectivity index (χ3n) is 2.27. The second-order valence-corrected chi connectivity index (χ2v) is 3.37. The largest absolute Gasteiger partial charge is 0.323 e. The van der Waals surface area contributed by atoms with E-state index in [9.17, 15) is 4.79 Å². The van der Waals surface area contributed by atoms with Gasteiger partial charge in [-0.15, -0.1) is 0 Å². The summed E-state index contributed by atoms with van der Waals surface area (Å²) in [6.07, 6.45) is 3.30. The summed E-state index contributed by atoms with van der Waals surface area (Å²) >= 11 is 0. The molecule has 0 radical (unpaired) electrons. The van der Waals surface area contributed by atoms with E-state index in [-0.39, 0.29) is 5.56 Å². The van der Waals surface area contributed by atoms with Gasteiger partial charge in [0.15, 0.2) is 0 Å². The van der Waals surface area contributed by atoms with Gasteiger partial charge in [0, 0.05) is 23.7 Å². The van der Waals surface area contributed by atoms with Crippen molar-refractivity contribution in [2.45, 2.75) is 13.8 Å². The first-order chi connectivity index (χ1) is 7.18. The van der Waals surface area contributed by atoms with Crippen LogP contribution in [0.1, 0.15) is 11.4 Å². The third kappa shape index (κ3) is 1.79. The molecule has 0 aromatic carbocycles. The molecule has 0 aliphatic rings. The normalized spacial score (nSPS) is 10.3. The van der Waals surface area contributed by atoms with E-state index in [1.165, 1.54) is 0 Å². The highest BCUT2D eigenvalue weighted by atomic mass is 16.1. The predicted molar refractivity (Wildman–Crippen MR) is 57.6 cm³/mol. The summed E-state index contributed by atoms with van der Waals surface area (Å²) in [4.78, 5) is 22.6. The van der Waals surface area contributed by atoms with Gasteiger partial charge >= 0.3 is 0 Å². The number of aryl methyl sites for hydroxylation is 2. The number of H-pyrrole nitrogens is 1. The van der Waals surface area contributed by atoms with Crippen molar-refractivity contribution in [3.63, 3.8) is 0 Å². The molecular weight excluding hydrogens is 190 g/mol. The summed E-state index contributed by atoms with van der Waals surface area (Å²) in [5.74, 6) is 0. The lowest BCUT2D eigenvalue weighted by Crippen LogP contribution is -2.14. The summed E-state index contributed by atoms with van der Waals surface area (Å²) in [7, 11) is 0. The van der Waals surface area contributed by atoms with Crippen LogP contribution in [-0.4, -0.2) is 15.0 Å². The molecule has 0 saturated heterocycles. The van der Waals surface area contributed by atoms with Crippen LogP contribution in [0.5, 0.6) is 0 Å². The molecule has 0 atom stereocenters. The Hall–Kier alpha value is -1.97. The molecule has 0 spiro atoms. The fourth-order valence-electron chi connectivity index (χ4n) is 1.32. The zero-order valence-electron chi connectivity index (χ0n) is 8.61. The topological polar surface area (TPSA) is 58.6 Å².